The molecule has 1 aromatic rings. The van der Waals surface area contributed by atoms with Gasteiger partial charge in [0.05, 0.1) is 11.4 Å². The van der Waals surface area contributed by atoms with E-state index in [1.807, 2.05) is 0 Å². The van der Waals surface area contributed by atoms with Crippen molar-refractivity contribution >= 4 is 15.9 Å². The van der Waals surface area contributed by atoms with Gasteiger partial charge in [-0.2, -0.15) is 0 Å². The van der Waals surface area contributed by atoms with E-state index in [1.54, 1.807) is 4.90 Å². The van der Waals surface area contributed by atoms with E-state index in [0.717, 1.165) is 24.6 Å². The van der Waals surface area contributed by atoms with Crippen molar-refractivity contribution in [1.82, 2.24) is 14.9 Å². The highest BCUT2D eigenvalue weighted by Gasteiger charge is 2.27. The summed E-state index contributed by atoms with van der Waals surface area (Å²) in [7, 11) is -3.66. The zero-order valence-electron chi connectivity index (χ0n) is 14.1. The van der Waals surface area contributed by atoms with Crippen LogP contribution in [0.3, 0.4) is 0 Å². The highest BCUT2D eigenvalue weighted by atomic mass is 32.2. The molecule has 1 amide bonds. The smallest absolute Gasteiger partial charge is 0.240 e. The molecular formula is C17H24FN3O3S. The summed E-state index contributed by atoms with van der Waals surface area (Å²) >= 11 is 0. The van der Waals surface area contributed by atoms with Crippen molar-refractivity contribution in [2.24, 2.45) is 5.92 Å². The predicted octanol–water partition coefficient (Wildman–Crippen LogP) is 1.09. The summed E-state index contributed by atoms with van der Waals surface area (Å²) in [6.45, 7) is 2.34. The highest BCUT2D eigenvalue weighted by Crippen LogP contribution is 2.27. The van der Waals surface area contributed by atoms with Crippen molar-refractivity contribution in [3.05, 3.63) is 30.1 Å². The zero-order chi connectivity index (χ0) is 17.9. The summed E-state index contributed by atoms with van der Waals surface area (Å²) in [5.41, 5.74) is 0. The Morgan fingerprint density at radius 3 is 2.36 bits per heavy atom. The molecule has 138 valence electrons. The minimum Gasteiger partial charge on any atom is -0.341 e. The van der Waals surface area contributed by atoms with Gasteiger partial charge >= 0.3 is 0 Å². The van der Waals surface area contributed by atoms with Crippen LogP contribution in [0.25, 0.3) is 0 Å². The monoisotopic (exact) mass is 369 g/mol. The van der Waals surface area contributed by atoms with Crippen molar-refractivity contribution in [3.8, 4) is 0 Å². The number of hydrogen-bond donors (Lipinski definition) is 2. The second-order valence-corrected chi connectivity index (χ2v) is 8.52. The van der Waals surface area contributed by atoms with Gasteiger partial charge in [-0.05, 0) is 62.4 Å². The first-order chi connectivity index (χ1) is 11.9. The molecule has 1 aliphatic heterocycles. The second-order valence-electron chi connectivity index (χ2n) is 6.80. The lowest BCUT2D eigenvalue weighted by Crippen LogP contribution is -2.48. The van der Waals surface area contributed by atoms with E-state index in [0.29, 0.717) is 32.5 Å². The molecular weight excluding hydrogens is 345 g/mol. The van der Waals surface area contributed by atoms with E-state index in [-0.39, 0.29) is 16.8 Å². The molecule has 1 saturated carbocycles. The summed E-state index contributed by atoms with van der Waals surface area (Å²) in [4.78, 5) is 14.0. The number of benzene rings is 1. The molecule has 1 heterocycles. The topological polar surface area (TPSA) is 78.5 Å². The van der Waals surface area contributed by atoms with Crippen LogP contribution in [0.2, 0.25) is 0 Å². The highest BCUT2D eigenvalue weighted by molar-refractivity contribution is 7.89. The summed E-state index contributed by atoms with van der Waals surface area (Å²) in [6.07, 6.45) is 3.66. The van der Waals surface area contributed by atoms with Gasteiger partial charge in [-0.15, -0.1) is 0 Å². The van der Waals surface area contributed by atoms with Crippen LogP contribution >= 0.6 is 0 Å². The standard InChI is InChI=1S/C17H24FN3O3S/c18-14-3-5-16(6-4-14)25(23,24)20-15-7-9-21(10-8-15)17(22)12-19-11-13-1-2-13/h3-6,13,15,19-20H,1-2,7-12H2. The maximum Gasteiger partial charge on any atom is 0.240 e. The Morgan fingerprint density at radius 2 is 1.76 bits per heavy atom. The normalized spacial score (nSPS) is 19.2. The Bertz CT molecular complexity index is 696. The minimum absolute atomic E-state index is 0.0525. The minimum atomic E-state index is -3.66. The van der Waals surface area contributed by atoms with Gasteiger partial charge in [0.15, 0.2) is 0 Å². The summed E-state index contributed by atoms with van der Waals surface area (Å²) in [6, 6.07) is 4.55. The quantitative estimate of drug-likeness (QED) is 0.754. The van der Waals surface area contributed by atoms with Crippen LogP contribution in [0.15, 0.2) is 29.2 Å². The molecule has 1 aliphatic carbocycles. The molecule has 0 bridgehead atoms. The van der Waals surface area contributed by atoms with Crippen molar-refractivity contribution in [2.45, 2.75) is 36.6 Å². The van der Waals surface area contributed by atoms with Gasteiger partial charge in [0.25, 0.3) is 0 Å². The van der Waals surface area contributed by atoms with Crippen LogP contribution in [-0.4, -0.2) is 51.4 Å². The molecule has 1 aromatic carbocycles. The Morgan fingerprint density at radius 1 is 1.12 bits per heavy atom. The Hall–Kier alpha value is -1.51. The Kier molecular flexibility index (Phi) is 5.71. The fraction of sp³-hybridized carbons (Fsp3) is 0.588. The lowest BCUT2D eigenvalue weighted by molar-refractivity contribution is -0.131. The lowest BCUT2D eigenvalue weighted by atomic mass is 10.1. The van der Waals surface area contributed by atoms with Gasteiger partial charge in [0, 0.05) is 19.1 Å². The molecule has 2 fully saturated rings. The van der Waals surface area contributed by atoms with E-state index < -0.39 is 15.8 Å². The molecule has 0 spiro atoms. The number of halogens is 1. The van der Waals surface area contributed by atoms with Gasteiger partial charge in [-0.3, -0.25) is 4.79 Å². The molecule has 25 heavy (non-hydrogen) atoms. The number of amides is 1. The number of nitrogens with zero attached hydrogens (tertiary/aromatic N) is 1. The van der Waals surface area contributed by atoms with Crippen LogP contribution in [0.5, 0.6) is 0 Å². The molecule has 1 saturated heterocycles. The summed E-state index contributed by atoms with van der Waals surface area (Å²) in [5, 5.41) is 3.19. The third kappa shape index (κ3) is 5.23. The first kappa shape index (κ1) is 18.3. The number of hydrogen-bond acceptors (Lipinski definition) is 4. The van der Waals surface area contributed by atoms with Crippen LogP contribution in [0.4, 0.5) is 4.39 Å². The maximum atomic E-state index is 12.9. The number of rotatable bonds is 7. The zero-order valence-corrected chi connectivity index (χ0v) is 14.9. The van der Waals surface area contributed by atoms with Gasteiger partial charge in [-0.25, -0.2) is 17.5 Å². The number of nitrogens with one attached hydrogen (secondary N) is 2. The van der Waals surface area contributed by atoms with E-state index >= 15 is 0 Å². The molecule has 0 aromatic heterocycles. The number of carbonyl (C=O) groups excluding carboxylic acids is 1. The third-order valence-electron chi connectivity index (χ3n) is 4.70. The molecule has 0 unspecified atom stereocenters. The van der Waals surface area contributed by atoms with E-state index in [9.17, 15) is 17.6 Å². The number of carbonyl (C=O) groups is 1. The first-order valence-electron chi connectivity index (χ1n) is 8.70. The van der Waals surface area contributed by atoms with Crippen molar-refractivity contribution in [3.63, 3.8) is 0 Å². The Labute approximate surface area is 147 Å². The van der Waals surface area contributed by atoms with E-state index in [1.165, 1.54) is 25.0 Å². The molecule has 3 rings (SSSR count). The van der Waals surface area contributed by atoms with Crippen LogP contribution in [-0.2, 0) is 14.8 Å². The SMILES string of the molecule is O=C(CNCC1CC1)N1CCC(NS(=O)(=O)c2ccc(F)cc2)CC1. The van der Waals surface area contributed by atoms with Gasteiger partial charge in [0.1, 0.15) is 5.82 Å². The van der Waals surface area contributed by atoms with E-state index in [4.69, 9.17) is 0 Å². The number of likely N-dealkylation sites (tertiary alicyclic amines) is 1. The van der Waals surface area contributed by atoms with Crippen LogP contribution in [0.1, 0.15) is 25.7 Å². The van der Waals surface area contributed by atoms with Gasteiger partial charge in [-0.1, -0.05) is 0 Å². The fourth-order valence-corrected chi connectivity index (χ4v) is 4.27. The van der Waals surface area contributed by atoms with Crippen molar-refractivity contribution in [1.29, 1.82) is 0 Å². The van der Waals surface area contributed by atoms with Crippen molar-refractivity contribution in [2.75, 3.05) is 26.2 Å². The average Bonchev–Trinajstić information content (AvgIpc) is 3.40. The average molecular weight is 369 g/mol. The van der Waals surface area contributed by atoms with Gasteiger partial charge < -0.3 is 10.2 Å². The summed E-state index contributed by atoms with van der Waals surface area (Å²) < 4.78 is 40.2. The van der Waals surface area contributed by atoms with E-state index in [2.05, 4.69) is 10.0 Å². The van der Waals surface area contributed by atoms with Gasteiger partial charge in [0.2, 0.25) is 15.9 Å². The predicted molar refractivity (Wildman–Crippen MR) is 91.9 cm³/mol. The fourth-order valence-electron chi connectivity index (χ4n) is 2.96. The van der Waals surface area contributed by atoms with Crippen LogP contribution in [0, 0.1) is 11.7 Å². The Balaban J connectivity index is 1.45. The molecule has 0 atom stereocenters. The molecule has 6 nitrogen and oxygen atoms in total. The van der Waals surface area contributed by atoms with Crippen molar-refractivity contribution < 1.29 is 17.6 Å². The maximum absolute atomic E-state index is 12.9. The first-order valence-corrected chi connectivity index (χ1v) is 10.2. The molecule has 8 heteroatoms. The molecule has 0 radical (unpaired) electrons. The van der Waals surface area contributed by atoms with Crippen LogP contribution < -0.4 is 10.0 Å². The molecule has 2 aliphatic rings. The third-order valence-corrected chi connectivity index (χ3v) is 6.24. The lowest BCUT2D eigenvalue weighted by Gasteiger charge is -2.32. The molecule has 2 N–H and O–H groups in total. The summed E-state index contributed by atoms with van der Waals surface area (Å²) in [5.74, 6) is 0.334. The second kappa shape index (κ2) is 7.80. The number of piperidine rings is 1. The number of sulfonamides is 1. The largest absolute Gasteiger partial charge is 0.341 e.